The van der Waals surface area contributed by atoms with Crippen molar-refractivity contribution in [2.45, 2.75) is 39.3 Å². The Bertz CT molecular complexity index is 853. The van der Waals surface area contributed by atoms with Gasteiger partial charge in [-0.2, -0.15) is 0 Å². The van der Waals surface area contributed by atoms with E-state index < -0.39 is 0 Å². The minimum absolute atomic E-state index is 0.0311. The maximum atomic E-state index is 12.7. The number of carbonyl (C=O) groups excluding carboxylic acids is 2. The molecule has 0 radical (unpaired) electrons. The second-order valence-corrected chi connectivity index (χ2v) is 7.62. The molecule has 1 aliphatic heterocycles. The van der Waals surface area contributed by atoms with E-state index in [4.69, 9.17) is 16.3 Å². The molecule has 3 rings (SSSR count). The minimum atomic E-state index is -0.0994. The average Bonchev–Trinajstić information content (AvgIpc) is 3.10. The molecule has 6 heteroatoms. The molecule has 1 fully saturated rings. The number of hydrogen-bond donors (Lipinski definition) is 0. The van der Waals surface area contributed by atoms with Crippen LogP contribution in [0.3, 0.4) is 0 Å². The normalized spacial score (nSPS) is 13.9. The third kappa shape index (κ3) is 5.04. The molecule has 0 aromatic heterocycles. The number of halogens is 1. The Kier molecular flexibility index (Phi) is 6.57. The minimum Gasteiger partial charge on any atom is -0.484 e. The highest BCUT2D eigenvalue weighted by molar-refractivity contribution is 6.30. The zero-order valence-electron chi connectivity index (χ0n) is 16.2. The summed E-state index contributed by atoms with van der Waals surface area (Å²) < 4.78 is 5.74. The van der Waals surface area contributed by atoms with Crippen molar-refractivity contribution in [1.82, 2.24) is 4.90 Å². The summed E-state index contributed by atoms with van der Waals surface area (Å²) in [6.45, 7) is 5.09. The number of hydrogen-bond acceptors (Lipinski definition) is 3. The standard InChI is InChI=1S/C22H25ClN2O3/c1-16(2)25(14-17-6-3-7-18(23)12-17)22(27)15-28-20-9-4-8-19(13-20)24-11-5-10-21(24)26/h3-4,6-9,12-13,16H,5,10-11,14-15H2,1-2H3. The zero-order valence-corrected chi connectivity index (χ0v) is 17.0. The van der Waals surface area contributed by atoms with Gasteiger partial charge in [-0.1, -0.05) is 29.8 Å². The summed E-state index contributed by atoms with van der Waals surface area (Å²) >= 11 is 6.05. The number of carbonyl (C=O) groups is 2. The molecule has 5 nitrogen and oxygen atoms in total. The number of benzene rings is 2. The van der Waals surface area contributed by atoms with E-state index in [-0.39, 0.29) is 24.5 Å². The van der Waals surface area contributed by atoms with Gasteiger partial charge in [0.25, 0.3) is 5.91 Å². The van der Waals surface area contributed by atoms with Gasteiger partial charge in [0.2, 0.25) is 5.91 Å². The Morgan fingerprint density at radius 2 is 2.00 bits per heavy atom. The van der Waals surface area contributed by atoms with Crippen molar-refractivity contribution in [2.75, 3.05) is 18.1 Å². The van der Waals surface area contributed by atoms with Gasteiger partial charge < -0.3 is 14.5 Å². The second-order valence-electron chi connectivity index (χ2n) is 7.18. The molecule has 2 aromatic rings. The van der Waals surface area contributed by atoms with Crippen molar-refractivity contribution < 1.29 is 14.3 Å². The summed E-state index contributed by atoms with van der Waals surface area (Å²) in [7, 11) is 0. The molecule has 0 spiro atoms. The van der Waals surface area contributed by atoms with Gasteiger partial charge in [-0.15, -0.1) is 0 Å². The van der Waals surface area contributed by atoms with Crippen molar-refractivity contribution in [3.05, 3.63) is 59.1 Å². The van der Waals surface area contributed by atoms with Gasteiger partial charge in [0, 0.05) is 42.3 Å². The molecule has 2 amide bonds. The fourth-order valence-electron chi connectivity index (χ4n) is 3.28. The summed E-state index contributed by atoms with van der Waals surface area (Å²) in [6, 6.07) is 14.9. The van der Waals surface area contributed by atoms with Crippen LogP contribution >= 0.6 is 11.6 Å². The maximum absolute atomic E-state index is 12.7. The maximum Gasteiger partial charge on any atom is 0.261 e. The summed E-state index contributed by atoms with van der Waals surface area (Å²) in [4.78, 5) is 28.2. The quantitative estimate of drug-likeness (QED) is 0.696. The first-order valence-electron chi connectivity index (χ1n) is 9.51. The van der Waals surface area contributed by atoms with E-state index in [1.807, 2.05) is 56.3 Å². The predicted octanol–water partition coefficient (Wildman–Crippen LogP) is 4.28. The molecule has 0 saturated carbocycles. The van der Waals surface area contributed by atoms with Crippen LogP contribution in [0.4, 0.5) is 5.69 Å². The zero-order chi connectivity index (χ0) is 20.1. The first-order valence-corrected chi connectivity index (χ1v) is 9.89. The van der Waals surface area contributed by atoms with Crippen molar-refractivity contribution >= 4 is 29.1 Å². The first-order chi connectivity index (χ1) is 13.4. The number of ether oxygens (including phenoxy) is 1. The first kappa shape index (κ1) is 20.2. The van der Waals surface area contributed by atoms with Crippen LogP contribution in [0.2, 0.25) is 5.02 Å². The van der Waals surface area contributed by atoms with Crippen molar-refractivity contribution in [2.24, 2.45) is 0 Å². The van der Waals surface area contributed by atoms with Crippen LogP contribution in [-0.4, -0.2) is 35.9 Å². The van der Waals surface area contributed by atoms with Gasteiger partial charge >= 0.3 is 0 Å². The summed E-state index contributed by atoms with van der Waals surface area (Å²) in [5, 5.41) is 0.651. The molecule has 2 aromatic carbocycles. The van der Waals surface area contributed by atoms with Gasteiger partial charge in [-0.25, -0.2) is 0 Å². The summed E-state index contributed by atoms with van der Waals surface area (Å²) in [5.41, 5.74) is 1.79. The van der Waals surface area contributed by atoms with Crippen LogP contribution in [-0.2, 0) is 16.1 Å². The summed E-state index contributed by atoms with van der Waals surface area (Å²) in [6.07, 6.45) is 1.45. The highest BCUT2D eigenvalue weighted by Crippen LogP contribution is 2.25. The van der Waals surface area contributed by atoms with Crippen LogP contribution in [0.1, 0.15) is 32.3 Å². The van der Waals surface area contributed by atoms with Crippen LogP contribution in [0.5, 0.6) is 5.75 Å². The highest BCUT2D eigenvalue weighted by atomic mass is 35.5. The number of nitrogens with zero attached hydrogens (tertiary/aromatic N) is 2. The third-order valence-electron chi connectivity index (χ3n) is 4.75. The molecule has 1 heterocycles. The lowest BCUT2D eigenvalue weighted by molar-refractivity contribution is -0.135. The largest absolute Gasteiger partial charge is 0.484 e. The SMILES string of the molecule is CC(C)N(Cc1cccc(Cl)c1)C(=O)COc1cccc(N2CCCC2=O)c1. The number of rotatable bonds is 7. The Hall–Kier alpha value is -2.53. The van der Waals surface area contributed by atoms with Gasteiger partial charge in [-0.05, 0) is 50.1 Å². The molecule has 0 unspecified atom stereocenters. The molecule has 28 heavy (non-hydrogen) atoms. The Morgan fingerprint density at radius 1 is 1.21 bits per heavy atom. The lowest BCUT2D eigenvalue weighted by atomic mass is 10.2. The Labute approximate surface area is 170 Å². The van der Waals surface area contributed by atoms with E-state index >= 15 is 0 Å². The van der Waals surface area contributed by atoms with Gasteiger partial charge in [-0.3, -0.25) is 9.59 Å². The molecule has 0 atom stereocenters. The van der Waals surface area contributed by atoms with Crippen LogP contribution in [0, 0.1) is 0 Å². The van der Waals surface area contributed by atoms with E-state index in [0.717, 1.165) is 24.2 Å². The second kappa shape index (κ2) is 9.11. The average molecular weight is 401 g/mol. The van der Waals surface area contributed by atoms with Crippen LogP contribution < -0.4 is 9.64 Å². The smallest absolute Gasteiger partial charge is 0.261 e. The van der Waals surface area contributed by atoms with Crippen molar-refractivity contribution in [3.8, 4) is 5.75 Å². The van der Waals surface area contributed by atoms with E-state index in [0.29, 0.717) is 23.7 Å². The van der Waals surface area contributed by atoms with Gasteiger partial charge in [0.05, 0.1) is 0 Å². The fourth-order valence-corrected chi connectivity index (χ4v) is 3.49. The highest BCUT2D eigenvalue weighted by Gasteiger charge is 2.22. The van der Waals surface area contributed by atoms with E-state index in [1.54, 1.807) is 15.9 Å². The van der Waals surface area contributed by atoms with Crippen molar-refractivity contribution in [3.63, 3.8) is 0 Å². The third-order valence-corrected chi connectivity index (χ3v) is 4.99. The van der Waals surface area contributed by atoms with Crippen molar-refractivity contribution in [1.29, 1.82) is 0 Å². The van der Waals surface area contributed by atoms with Crippen LogP contribution in [0.25, 0.3) is 0 Å². The molecule has 148 valence electrons. The molecule has 1 saturated heterocycles. The van der Waals surface area contributed by atoms with Gasteiger partial charge in [0.15, 0.2) is 6.61 Å². The number of anilines is 1. The molecule has 0 N–H and O–H groups in total. The lowest BCUT2D eigenvalue weighted by Gasteiger charge is -2.27. The molecule has 0 bridgehead atoms. The Balaban J connectivity index is 1.63. The molecular weight excluding hydrogens is 376 g/mol. The molecule has 0 aliphatic carbocycles. The molecular formula is C22H25ClN2O3. The van der Waals surface area contributed by atoms with Crippen LogP contribution in [0.15, 0.2) is 48.5 Å². The van der Waals surface area contributed by atoms with E-state index in [2.05, 4.69) is 0 Å². The summed E-state index contributed by atoms with van der Waals surface area (Å²) in [5.74, 6) is 0.607. The Morgan fingerprint density at radius 3 is 2.68 bits per heavy atom. The van der Waals surface area contributed by atoms with E-state index in [1.165, 1.54) is 0 Å². The fraction of sp³-hybridized carbons (Fsp3) is 0.364. The topological polar surface area (TPSA) is 49.9 Å². The van der Waals surface area contributed by atoms with Gasteiger partial charge in [0.1, 0.15) is 5.75 Å². The predicted molar refractivity (Wildman–Crippen MR) is 111 cm³/mol. The lowest BCUT2D eigenvalue weighted by Crippen LogP contribution is -2.39. The van der Waals surface area contributed by atoms with E-state index in [9.17, 15) is 9.59 Å². The molecule has 1 aliphatic rings. The monoisotopic (exact) mass is 400 g/mol. The number of amides is 2.